The molecule has 27 heavy (non-hydrogen) atoms. The van der Waals surface area contributed by atoms with Crippen molar-refractivity contribution in [1.82, 2.24) is 5.01 Å². The zero-order valence-corrected chi connectivity index (χ0v) is 15.0. The van der Waals surface area contributed by atoms with Crippen molar-refractivity contribution in [1.29, 1.82) is 0 Å². The van der Waals surface area contributed by atoms with Crippen LogP contribution in [0.4, 0.5) is 10.1 Å². The second-order valence-electron chi connectivity index (χ2n) is 7.08. The zero-order chi connectivity index (χ0) is 19.1. The summed E-state index contributed by atoms with van der Waals surface area (Å²) in [6.07, 6.45) is 0. The largest absolute Gasteiger partial charge is 0.271 e. The molecule has 4 rings (SSSR count). The molecule has 2 atom stereocenters. The van der Waals surface area contributed by atoms with Crippen molar-refractivity contribution in [2.45, 2.75) is 38.4 Å². The van der Waals surface area contributed by atoms with E-state index >= 15 is 0 Å². The Kier molecular flexibility index (Phi) is 4.22. The van der Waals surface area contributed by atoms with Crippen LogP contribution >= 0.6 is 0 Å². The first-order valence-corrected chi connectivity index (χ1v) is 8.85. The van der Waals surface area contributed by atoms with Crippen molar-refractivity contribution in [3.05, 3.63) is 65.5 Å². The number of rotatable bonds is 4. The summed E-state index contributed by atoms with van der Waals surface area (Å²) in [5.74, 6) is -0.809. The second kappa shape index (κ2) is 6.57. The summed E-state index contributed by atoms with van der Waals surface area (Å²) in [6.45, 7) is 4.64. The first kappa shape index (κ1) is 17.3. The molecular formula is C20H19FN4O2. The van der Waals surface area contributed by atoms with E-state index in [4.69, 9.17) is 0 Å². The Balaban J connectivity index is 1.55. The van der Waals surface area contributed by atoms with Crippen molar-refractivity contribution in [2.75, 3.05) is 4.90 Å². The molecule has 2 aromatic carbocycles. The highest BCUT2D eigenvalue weighted by Gasteiger charge is 2.54. The smallest absolute Gasteiger partial charge is 0.263 e. The molecule has 0 saturated carbocycles. The predicted octanol–water partition coefficient (Wildman–Crippen LogP) is 3.44. The van der Waals surface area contributed by atoms with Crippen LogP contribution in [0.2, 0.25) is 0 Å². The van der Waals surface area contributed by atoms with Crippen molar-refractivity contribution in [3.8, 4) is 0 Å². The highest BCUT2D eigenvalue weighted by Crippen LogP contribution is 2.32. The SMILES string of the molecule is CC(C)c1ccc(CN2N=N[C@@H]3C(=O)N(c4ccc(F)cc4)C(=O)[C@H]32)cc1. The lowest BCUT2D eigenvalue weighted by Gasteiger charge is -2.21. The summed E-state index contributed by atoms with van der Waals surface area (Å²) in [7, 11) is 0. The zero-order valence-electron chi connectivity index (χ0n) is 15.0. The molecule has 0 aliphatic carbocycles. The van der Waals surface area contributed by atoms with Gasteiger partial charge in [0.05, 0.1) is 12.2 Å². The molecule has 2 aliphatic rings. The first-order valence-electron chi connectivity index (χ1n) is 8.85. The average molecular weight is 366 g/mol. The average Bonchev–Trinajstić information content (AvgIpc) is 3.17. The van der Waals surface area contributed by atoms with E-state index in [9.17, 15) is 14.0 Å². The number of benzene rings is 2. The van der Waals surface area contributed by atoms with E-state index in [0.717, 1.165) is 10.5 Å². The third-order valence-electron chi connectivity index (χ3n) is 4.93. The minimum Gasteiger partial charge on any atom is -0.271 e. The minimum absolute atomic E-state index is 0.345. The van der Waals surface area contributed by atoms with Gasteiger partial charge in [-0.1, -0.05) is 43.3 Å². The molecule has 7 heteroatoms. The van der Waals surface area contributed by atoms with Crippen LogP contribution in [0.25, 0.3) is 0 Å². The number of nitrogens with zero attached hydrogens (tertiary/aromatic N) is 4. The second-order valence-corrected chi connectivity index (χ2v) is 7.08. The van der Waals surface area contributed by atoms with Crippen LogP contribution in [0.15, 0.2) is 58.9 Å². The van der Waals surface area contributed by atoms with Gasteiger partial charge in [0.2, 0.25) is 0 Å². The standard InChI is InChI=1S/C20H19FN4O2/c1-12(2)14-5-3-13(4-6-14)11-24-18-17(22-23-24)19(26)25(20(18)27)16-9-7-15(21)8-10-16/h3-10,12,17-18H,11H2,1-2H3/t17-,18-/m0/s1. The summed E-state index contributed by atoms with van der Waals surface area (Å²) < 4.78 is 13.2. The number of hydrogen-bond donors (Lipinski definition) is 0. The summed E-state index contributed by atoms with van der Waals surface area (Å²) in [5.41, 5.74) is 2.56. The van der Waals surface area contributed by atoms with Crippen molar-refractivity contribution >= 4 is 17.5 Å². The number of halogens is 1. The lowest BCUT2D eigenvalue weighted by molar-refractivity contribution is -0.123. The van der Waals surface area contributed by atoms with Crippen LogP contribution in [0, 0.1) is 5.82 Å². The van der Waals surface area contributed by atoms with E-state index in [2.05, 4.69) is 36.3 Å². The molecule has 1 saturated heterocycles. The molecule has 0 radical (unpaired) electrons. The summed E-state index contributed by atoms with van der Waals surface area (Å²) in [5, 5.41) is 9.61. The number of carbonyl (C=O) groups is 2. The molecule has 2 heterocycles. The number of carbonyl (C=O) groups excluding carboxylic acids is 2. The number of anilines is 1. The maximum Gasteiger partial charge on any atom is 0.263 e. The predicted molar refractivity (Wildman–Crippen MR) is 97.4 cm³/mol. The summed E-state index contributed by atoms with van der Waals surface area (Å²) >= 11 is 0. The Bertz CT molecular complexity index is 909. The van der Waals surface area contributed by atoms with Crippen molar-refractivity contribution < 1.29 is 14.0 Å². The van der Waals surface area contributed by atoms with Gasteiger partial charge < -0.3 is 0 Å². The number of hydrogen-bond acceptors (Lipinski definition) is 5. The van der Waals surface area contributed by atoms with Gasteiger partial charge in [0, 0.05) is 0 Å². The molecule has 2 aliphatic heterocycles. The van der Waals surface area contributed by atoms with E-state index in [1.807, 2.05) is 12.1 Å². The Morgan fingerprint density at radius 2 is 1.67 bits per heavy atom. The molecule has 6 nitrogen and oxygen atoms in total. The van der Waals surface area contributed by atoms with Gasteiger partial charge >= 0.3 is 0 Å². The molecule has 0 unspecified atom stereocenters. The van der Waals surface area contributed by atoms with E-state index < -0.39 is 23.8 Å². The van der Waals surface area contributed by atoms with Gasteiger partial charge in [0.1, 0.15) is 5.82 Å². The highest BCUT2D eigenvalue weighted by molar-refractivity contribution is 6.25. The fourth-order valence-corrected chi connectivity index (χ4v) is 3.39. The molecule has 0 N–H and O–H groups in total. The summed E-state index contributed by atoms with van der Waals surface area (Å²) in [6, 6.07) is 11.8. The lowest BCUT2D eigenvalue weighted by atomic mass is 10.0. The van der Waals surface area contributed by atoms with Crippen LogP contribution in [-0.2, 0) is 16.1 Å². The Morgan fingerprint density at radius 1 is 1.00 bits per heavy atom. The lowest BCUT2D eigenvalue weighted by Crippen LogP contribution is -2.39. The normalized spacial score (nSPS) is 21.5. The molecular weight excluding hydrogens is 347 g/mol. The highest BCUT2D eigenvalue weighted by atomic mass is 19.1. The quantitative estimate of drug-likeness (QED) is 0.779. The number of amides is 2. The van der Waals surface area contributed by atoms with Gasteiger partial charge in [0.15, 0.2) is 12.1 Å². The fraction of sp³-hybridized carbons (Fsp3) is 0.300. The van der Waals surface area contributed by atoms with Gasteiger partial charge in [-0.2, -0.15) is 5.11 Å². The molecule has 0 aromatic heterocycles. The van der Waals surface area contributed by atoms with Gasteiger partial charge in [-0.05, 0) is 41.3 Å². The van der Waals surface area contributed by atoms with Crippen LogP contribution in [0.1, 0.15) is 30.9 Å². The Hall–Kier alpha value is -3.09. The van der Waals surface area contributed by atoms with Crippen LogP contribution < -0.4 is 4.90 Å². The van der Waals surface area contributed by atoms with Crippen LogP contribution in [0.3, 0.4) is 0 Å². The van der Waals surface area contributed by atoms with Crippen molar-refractivity contribution in [2.24, 2.45) is 10.3 Å². The van der Waals surface area contributed by atoms with E-state index in [0.29, 0.717) is 18.2 Å². The van der Waals surface area contributed by atoms with Crippen LogP contribution in [-0.4, -0.2) is 28.9 Å². The monoisotopic (exact) mass is 366 g/mol. The van der Waals surface area contributed by atoms with Gasteiger partial charge in [-0.15, -0.1) is 0 Å². The third-order valence-corrected chi connectivity index (χ3v) is 4.93. The molecule has 0 bridgehead atoms. The van der Waals surface area contributed by atoms with E-state index in [1.165, 1.54) is 29.8 Å². The number of imide groups is 1. The molecule has 138 valence electrons. The maximum atomic E-state index is 13.2. The van der Waals surface area contributed by atoms with E-state index in [1.54, 1.807) is 5.01 Å². The van der Waals surface area contributed by atoms with Gasteiger partial charge in [0.25, 0.3) is 11.8 Å². The van der Waals surface area contributed by atoms with E-state index in [-0.39, 0.29) is 5.91 Å². The van der Waals surface area contributed by atoms with Crippen molar-refractivity contribution in [3.63, 3.8) is 0 Å². The minimum atomic E-state index is -0.850. The maximum absolute atomic E-state index is 13.2. The summed E-state index contributed by atoms with van der Waals surface area (Å²) in [4.78, 5) is 26.6. The molecule has 0 spiro atoms. The molecule has 2 amide bonds. The first-order chi connectivity index (χ1) is 13.0. The Labute approximate surface area is 156 Å². The number of fused-ring (bicyclic) bond motifs is 1. The van der Waals surface area contributed by atoms with Crippen LogP contribution in [0.5, 0.6) is 0 Å². The molecule has 2 aromatic rings. The molecule has 1 fully saturated rings. The topological polar surface area (TPSA) is 65.3 Å². The van der Waals surface area contributed by atoms with Gasteiger partial charge in [-0.3, -0.25) is 14.6 Å². The van der Waals surface area contributed by atoms with Gasteiger partial charge in [-0.25, -0.2) is 9.29 Å². The third kappa shape index (κ3) is 2.99. The Morgan fingerprint density at radius 3 is 2.30 bits per heavy atom. The fourth-order valence-electron chi connectivity index (χ4n) is 3.39.